The van der Waals surface area contributed by atoms with Crippen LogP contribution in [0.25, 0.3) is 0 Å². The number of epoxide rings is 1. The van der Waals surface area contributed by atoms with Gasteiger partial charge in [-0.2, -0.15) is 13.2 Å². The fourth-order valence-electron chi connectivity index (χ4n) is 1.39. The van der Waals surface area contributed by atoms with Gasteiger partial charge in [0.15, 0.2) is 5.78 Å². The molecule has 17 heavy (non-hydrogen) atoms. The number of Topliss-reactive ketones (excluding diaryl/α,β-unsaturated/α-hetero) is 1. The molecule has 1 amide bonds. The topological polar surface area (TPSA) is 58.7 Å². The normalized spacial score (nSPS) is 21.2. The van der Waals surface area contributed by atoms with Gasteiger partial charge < -0.3 is 10.1 Å². The summed E-state index contributed by atoms with van der Waals surface area (Å²) in [6.07, 6.45) is -5.47. The molecule has 0 unspecified atom stereocenters. The fraction of sp³-hybridized carbons (Fsp3) is 0.800. The van der Waals surface area contributed by atoms with Gasteiger partial charge in [0.05, 0.1) is 12.6 Å². The quantitative estimate of drug-likeness (QED) is 0.745. The van der Waals surface area contributed by atoms with Gasteiger partial charge in [-0.25, -0.2) is 0 Å². The third-order valence-electron chi connectivity index (χ3n) is 2.26. The number of hydrogen-bond donors (Lipinski definition) is 1. The standard InChI is InChI=1S/C10H14F3NO3/c1-5(2)3-6(8(15)7-4-17-7)14-9(16)10(11,12)13/h5-7H,3-4H2,1-2H3,(H,14,16)/t6-,7+/m0/s1. The van der Waals surface area contributed by atoms with E-state index in [2.05, 4.69) is 0 Å². The van der Waals surface area contributed by atoms with Crippen molar-refractivity contribution in [3.63, 3.8) is 0 Å². The molecule has 1 saturated heterocycles. The number of carbonyl (C=O) groups is 2. The number of ether oxygens (including phenoxy) is 1. The van der Waals surface area contributed by atoms with Crippen molar-refractivity contribution in [1.82, 2.24) is 5.32 Å². The van der Waals surface area contributed by atoms with Gasteiger partial charge in [0, 0.05) is 0 Å². The van der Waals surface area contributed by atoms with E-state index in [9.17, 15) is 22.8 Å². The minimum Gasteiger partial charge on any atom is -0.365 e. The van der Waals surface area contributed by atoms with E-state index in [1.54, 1.807) is 19.2 Å². The number of halogens is 3. The highest BCUT2D eigenvalue weighted by Crippen LogP contribution is 2.19. The van der Waals surface area contributed by atoms with E-state index in [1.807, 2.05) is 0 Å². The Morgan fingerprint density at radius 3 is 2.29 bits per heavy atom. The van der Waals surface area contributed by atoms with Gasteiger partial charge >= 0.3 is 12.1 Å². The van der Waals surface area contributed by atoms with E-state index in [-0.39, 0.29) is 18.9 Å². The van der Waals surface area contributed by atoms with Gasteiger partial charge in [-0.3, -0.25) is 9.59 Å². The third-order valence-corrected chi connectivity index (χ3v) is 2.26. The molecule has 0 spiro atoms. The second kappa shape index (κ2) is 5.03. The Hall–Kier alpha value is -1.11. The van der Waals surface area contributed by atoms with Crippen LogP contribution in [-0.4, -0.2) is 36.6 Å². The predicted molar refractivity (Wildman–Crippen MR) is 52.2 cm³/mol. The van der Waals surface area contributed by atoms with E-state index < -0.39 is 30.0 Å². The van der Waals surface area contributed by atoms with E-state index in [0.717, 1.165) is 0 Å². The first-order chi connectivity index (χ1) is 7.71. The van der Waals surface area contributed by atoms with Gasteiger partial charge in [0.2, 0.25) is 0 Å². The maximum atomic E-state index is 12.1. The van der Waals surface area contributed by atoms with Gasteiger partial charge in [-0.05, 0) is 12.3 Å². The summed E-state index contributed by atoms with van der Waals surface area (Å²) in [7, 11) is 0. The van der Waals surface area contributed by atoms with Crippen molar-refractivity contribution in [3.05, 3.63) is 0 Å². The first kappa shape index (κ1) is 14.0. The van der Waals surface area contributed by atoms with Crippen LogP contribution in [0.5, 0.6) is 0 Å². The third kappa shape index (κ3) is 4.33. The van der Waals surface area contributed by atoms with Crippen LogP contribution in [0, 0.1) is 5.92 Å². The first-order valence-corrected chi connectivity index (χ1v) is 5.25. The van der Waals surface area contributed by atoms with Gasteiger partial charge in [-0.15, -0.1) is 0 Å². The Kier molecular flexibility index (Phi) is 4.13. The summed E-state index contributed by atoms with van der Waals surface area (Å²) in [5, 5.41) is 1.72. The van der Waals surface area contributed by atoms with Crippen LogP contribution >= 0.6 is 0 Å². The SMILES string of the molecule is CC(C)C[C@H](NC(=O)C(F)(F)F)C(=O)[C@H]1CO1. The summed E-state index contributed by atoms with van der Waals surface area (Å²) in [5.41, 5.74) is 0. The summed E-state index contributed by atoms with van der Waals surface area (Å²) in [5.74, 6) is -2.58. The Labute approximate surface area is 96.5 Å². The number of amides is 1. The van der Waals surface area contributed by atoms with Crippen molar-refractivity contribution in [2.75, 3.05) is 6.61 Å². The molecule has 4 nitrogen and oxygen atoms in total. The van der Waals surface area contributed by atoms with Crippen molar-refractivity contribution < 1.29 is 27.5 Å². The molecule has 98 valence electrons. The highest BCUT2D eigenvalue weighted by molar-refractivity contribution is 5.94. The summed E-state index contributed by atoms with van der Waals surface area (Å²) in [6.45, 7) is 3.73. The van der Waals surface area contributed by atoms with Crippen molar-refractivity contribution in [2.45, 2.75) is 38.6 Å². The van der Waals surface area contributed by atoms with E-state index in [0.29, 0.717) is 0 Å². The summed E-state index contributed by atoms with van der Waals surface area (Å²) in [6, 6.07) is -1.13. The van der Waals surface area contributed by atoms with E-state index >= 15 is 0 Å². The number of ketones is 1. The van der Waals surface area contributed by atoms with E-state index in [1.165, 1.54) is 0 Å². The summed E-state index contributed by atoms with van der Waals surface area (Å²) < 4.78 is 40.9. The van der Waals surface area contributed by atoms with Crippen LogP contribution < -0.4 is 5.32 Å². The molecule has 1 heterocycles. The Balaban J connectivity index is 2.63. The Bertz CT molecular complexity index is 310. The fourth-order valence-corrected chi connectivity index (χ4v) is 1.39. The lowest BCUT2D eigenvalue weighted by atomic mass is 9.98. The maximum absolute atomic E-state index is 12.1. The van der Waals surface area contributed by atoms with Crippen molar-refractivity contribution in [3.8, 4) is 0 Å². The smallest absolute Gasteiger partial charge is 0.365 e. The second-order valence-electron chi connectivity index (χ2n) is 4.38. The Morgan fingerprint density at radius 1 is 1.41 bits per heavy atom. The number of rotatable bonds is 5. The van der Waals surface area contributed by atoms with Gasteiger partial charge in [-0.1, -0.05) is 13.8 Å². The molecule has 0 bridgehead atoms. The van der Waals surface area contributed by atoms with Gasteiger partial charge in [0.25, 0.3) is 0 Å². The monoisotopic (exact) mass is 253 g/mol. The summed E-state index contributed by atoms with van der Waals surface area (Å²) in [4.78, 5) is 22.4. The molecule has 0 aromatic carbocycles. The minimum absolute atomic E-state index is 0.00349. The van der Waals surface area contributed by atoms with Crippen molar-refractivity contribution in [1.29, 1.82) is 0 Å². The molecule has 0 aliphatic carbocycles. The van der Waals surface area contributed by atoms with Crippen molar-refractivity contribution >= 4 is 11.7 Å². The zero-order valence-corrected chi connectivity index (χ0v) is 9.50. The molecule has 2 atom stereocenters. The summed E-state index contributed by atoms with van der Waals surface area (Å²) >= 11 is 0. The minimum atomic E-state index is -4.97. The van der Waals surface area contributed by atoms with Crippen LogP contribution in [0.3, 0.4) is 0 Å². The molecule has 0 radical (unpaired) electrons. The molecule has 0 saturated carbocycles. The molecular weight excluding hydrogens is 239 g/mol. The Morgan fingerprint density at radius 2 is 1.94 bits per heavy atom. The molecule has 1 aliphatic rings. The highest BCUT2D eigenvalue weighted by atomic mass is 19.4. The lowest BCUT2D eigenvalue weighted by Crippen LogP contribution is -2.48. The van der Waals surface area contributed by atoms with Gasteiger partial charge in [0.1, 0.15) is 6.10 Å². The number of hydrogen-bond acceptors (Lipinski definition) is 3. The lowest BCUT2D eigenvalue weighted by molar-refractivity contribution is -0.174. The zero-order chi connectivity index (χ0) is 13.2. The second-order valence-corrected chi connectivity index (χ2v) is 4.38. The zero-order valence-electron chi connectivity index (χ0n) is 9.50. The largest absolute Gasteiger partial charge is 0.471 e. The first-order valence-electron chi connectivity index (χ1n) is 5.25. The van der Waals surface area contributed by atoms with Crippen LogP contribution in [0.4, 0.5) is 13.2 Å². The molecule has 1 rings (SSSR count). The van der Waals surface area contributed by atoms with E-state index in [4.69, 9.17) is 4.74 Å². The molecule has 1 aliphatic heterocycles. The van der Waals surface area contributed by atoms with Crippen molar-refractivity contribution in [2.24, 2.45) is 5.92 Å². The molecule has 0 aromatic heterocycles. The molecule has 1 fully saturated rings. The average molecular weight is 253 g/mol. The highest BCUT2D eigenvalue weighted by Gasteiger charge is 2.43. The molecule has 7 heteroatoms. The number of alkyl halides is 3. The molecule has 1 N–H and O–H groups in total. The lowest BCUT2D eigenvalue weighted by Gasteiger charge is -2.19. The van der Waals surface area contributed by atoms with Crippen LogP contribution in [0.2, 0.25) is 0 Å². The van der Waals surface area contributed by atoms with Crippen LogP contribution in [0.1, 0.15) is 20.3 Å². The molecular formula is C10H14F3NO3. The average Bonchev–Trinajstić information content (AvgIpc) is 2.96. The molecule has 0 aromatic rings. The maximum Gasteiger partial charge on any atom is 0.471 e. The van der Waals surface area contributed by atoms with Crippen LogP contribution in [0.15, 0.2) is 0 Å². The number of nitrogens with one attached hydrogen (secondary N) is 1. The number of carbonyl (C=O) groups excluding carboxylic acids is 2. The predicted octanol–water partition coefficient (Wildman–Crippen LogP) is 1.05. The van der Waals surface area contributed by atoms with Crippen LogP contribution in [-0.2, 0) is 14.3 Å².